The lowest BCUT2D eigenvalue weighted by Crippen LogP contribution is -1.99. The zero-order valence-corrected chi connectivity index (χ0v) is 8.07. The Bertz CT molecular complexity index is 496. The highest BCUT2D eigenvalue weighted by Crippen LogP contribution is 2.38. The van der Waals surface area contributed by atoms with E-state index in [-0.39, 0.29) is 0 Å². The number of nitrogens with two attached hydrogens (primary N) is 1. The van der Waals surface area contributed by atoms with Crippen LogP contribution in [-0.2, 0) is 0 Å². The van der Waals surface area contributed by atoms with Crippen LogP contribution in [0.4, 0.5) is 5.69 Å². The summed E-state index contributed by atoms with van der Waals surface area (Å²) in [4.78, 5) is 4.47. The van der Waals surface area contributed by atoms with E-state index in [4.69, 9.17) is 5.73 Å². The number of hydrogen-bond acceptors (Lipinski definition) is 3. The van der Waals surface area contributed by atoms with Crippen molar-refractivity contribution in [2.75, 3.05) is 5.73 Å². The van der Waals surface area contributed by atoms with Crippen LogP contribution in [0.5, 0.6) is 0 Å². The molecule has 3 rings (SSSR count). The number of nitrogens with zero attached hydrogens (tertiary/aromatic N) is 3. The van der Waals surface area contributed by atoms with Crippen molar-refractivity contribution in [2.45, 2.75) is 25.7 Å². The molecule has 14 heavy (non-hydrogen) atoms. The predicted molar refractivity (Wildman–Crippen MR) is 54.1 cm³/mol. The molecule has 2 aromatic heterocycles. The van der Waals surface area contributed by atoms with Crippen LogP contribution < -0.4 is 5.73 Å². The normalized spacial score (nSPS) is 16.4. The van der Waals surface area contributed by atoms with Gasteiger partial charge < -0.3 is 5.73 Å². The molecule has 2 N–H and O–H groups in total. The van der Waals surface area contributed by atoms with Gasteiger partial charge in [-0.15, -0.1) is 0 Å². The molecular weight excluding hydrogens is 176 g/mol. The van der Waals surface area contributed by atoms with E-state index >= 15 is 0 Å². The molecule has 1 saturated carbocycles. The molecule has 0 amide bonds. The second-order valence-electron chi connectivity index (χ2n) is 3.89. The highest BCUT2D eigenvalue weighted by molar-refractivity contribution is 5.51. The monoisotopic (exact) mass is 188 g/mol. The molecule has 0 atom stereocenters. The summed E-state index contributed by atoms with van der Waals surface area (Å²) >= 11 is 0. The summed E-state index contributed by atoms with van der Waals surface area (Å²) in [6.45, 7) is 1.97. The Kier molecular flexibility index (Phi) is 1.37. The highest BCUT2D eigenvalue weighted by Gasteiger charge is 2.28. The third-order valence-electron chi connectivity index (χ3n) is 2.74. The summed E-state index contributed by atoms with van der Waals surface area (Å²) < 4.78 is 1.84. The van der Waals surface area contributed by atoms with Crippen molar-refractivity contribution in [3.05, 3.63) is 23.7 Å². The fraction of sp³-hybridized carbons (Fsp3) is 0.400. The quantitative estimate of drug-likeness (QED) is 0.737. The molecule has 2 aromatic rings. The summed E-state index contributed by atoms with van der Waals surface area (Å²) in [5.74, 6) is 1.56. The van der Waals surface area contributed by atoms with Crippen molar-refractivity contribution in [2.24, 2.45) is 0 Å². The Labute approximate surface area is 81.8 Å². The van der Waals surface area contributed by atoms with E-state index < -0.39 is 0 Å². The van der Waals surface area contributed by atoms with Gasteiger partial charge in [0.2, 0.25) is 0 Å². The minimum atomic E-state index is 0.593. The minimum Gasteiger partial charge on any atom is -0.397 e. The molecule has 0 unspecified atom stereocenters. The second kappa shape index (κ2) is 2.47. The first-order chi connectivity index (χ1) is 6.75. The summed E-state index contributed by atoms with van der Waals surface area (Å²) in [6.07, 6.45) is 2.46. The standard InChI is InChI=1S/C10H12N4/c1-6-8(11)4-5-9-12-10(7-2-3-7)13-14(6)9/h4-5,7H,2-3,11H2,1H3. The van der Waals surface area contributed by atoms with Gasteiger partial charge in [0.25, 0.3) is 0 Å². The van der Waals surface area contributed by atoms with Crippen molar-refractivity contribution >= 4 is 11.3 Å². The van der Waals surface area contributed by atoms with Gasteiger partial charge in [-0.1, -0.05) is 0 Å². The third kappa shape index (κ3) is 0.999. The zero-order valence-electron chi connectivity index (χ0n) is 8.07. The smallest absolute Gasteiger partial charge is 0.156 e. The van der Waals surface area contributed by atoms with Crippen LogP contribution in [0.1, 0.15) is 30.3 Å². The Hall–Kier alpha value is -1.58. The van der Waals surface area contributed by atoms with Crippen LogP contribution in [0, 0.1) is 6.92 Å². The molecule has 1 aliphatic rings. The molecular formula is C10H12N4. The highest BCUT2D eigenvalue weighted by atomic mass is 15.3. The molecule has 0 aliphatic heterocycles. The zero-order chi connectivity index (χ0) is 9.71. The fourth-order valence-electron chi connectivity index (χ4n) is 1.62. The third-order valence-corrected chi connectivity index (χ3v) is 2.74. The van der Waals surface area contributed by atoms with Gasteiger partial charge in [-0.2, -0.15) is 5.10 Å². The Morgan fingerprint density at radius 1 is 1.43 bits per heavy atom. The number of anilines is 1. The number of aryl methyl sites for hydroxylation is 1. The maximum atomic E-state index is 5.80. The number of nitrogen functional groups attached to an aromatic ring is 1. The Balaban J connectivity index is 2.26. The number of rotatable bonds is 1. The summed E-state index contributed by atoms with van der Waals surface area (Å²) in [5, 5.41) is 4.46. The second-order valence-corrected chi connectivity index (χ2v) is 3.89. The van der Waals surface area contributed by atoms with E-state index in [2.05, 4.69) is 10.1 Å². The Morgan fingerprint density at radius 3 is 2.93 bits per heavy atom. The average molecular weight is 188 g/mol. The summed E-state index contributed by atoms with van der Waals surface area (Å²) in [6, 6.07) is 3.80. The van der Waals surface area contributed by atoms with Crippen LogP contribution >= 0.6 is 0 Å². The molecule has 72 valence electrons. The Morgan fingerprint density at radius 2 is 2.21 bits per heavy atom. The summed E-state index contributed by atoms with van der Waals surface area (Å²) in [5.41, 5.74) is 8.44. The van der Waals surface area contributed by atoms with E-state index in [0.717, 1.165) is 22.9 Å². The lowest BCUT2D eigenvalue weighted by atomic mass is 10.3. The number of aromatic nitrogens is 3. The summed E-state index contributed by atoms with van der Waals surface area (Å²) in [7, 11) is 0. The van der Waals surface area contributed by atoms with Crippen LogP contribution in [0.3, 0.4) is 0 Å². The fourth-order valence-corrected chi connectivity index (χ4v) is 1.62. The van der Waals surface area contributed by atoms with Gasteiger partial charge in [0.15, 0.2) is 11.5 Å². The first-order valence-corrected chi connectivity index (χ1v) is 4.87. The molecule has 0 bridgehead atoms. The molecule has 0 saturated heterocycles. The molecule has 0 aromatic carbocycles. The van der Waals surface area contributed by atoms with Gasteiger partial charge in [0.05, 0.1) is 11.4 Å². The molecule has 4 heteroatoms. The maximum Gasteiger partial charge on any atom is 0.156 e. The van der Waals surface area contributed by atoms with Crippen molar-refractivity contribution < 1.29 is 0 Å². The lowest BCUT2D eigenvalue weighted by molar-refractivity contribution is 0.856. The SMILES string of the molecule is Cc1c(N)ccc2nc(C3CC3)nn12. The van der Waals surface area contributed by atoms with Gasteiger partial charge >= 0.3 is 0 Å². The van der Waals surface area contributed by atoms with E-state index in [1.54, 1.807) is 0 Å². The topological polar surface area (TPSA) is 56.2 Å². The van der Waals surface area contributed by atoms with Gasteiger partial charge in [0, 0.05) is 5.92 Å². The van der Waals surface area contributed by atoms with Crippen molar-refractivity contribution in [1.82, 2.24) is 14.6 Å². The lowest BCUT2D eigenvalue weighted by Gasteiger charge is -2.00. The average Bonchev–Trinajstić information content (AvgIpc) is 2.93. The van der Waals surface area contributed by atoms with Crippen LogP contribution in [0.25, 0.3) is 5.65 Å². The maximum absolute atomic E-state index is 5.80. The molecule has 2 heterocycles. The minimum absolute atomic E-state index is 0.593. The number of pyridine rings is 1. The van der Waals surface area contributed by atoms with Gasteiger partial charge in [0.1, 0.15) is 0 Å². The molecule has 1 aliphatic carbocycles. The van der Waals surface area contributed by atoms with Gasteiger partial charge in [-0.05, 0) is 31.9 Å². The van der Waals surface area contributed by atoms with Gasteiger partial charge in [-0.25, -0.2) is 9.50 Å². The van der Waals surface area contributed by atoms with E-state index in [9.17, 15) is 0 Å². The molecule has 4 nitrogen and oxygen atoms in total. The first kappa shape index (κ1) is 7.79. The molecule has 1 fully saturated rings. The van der Waals surface area contributed by atoms with Crippen LogP contribution in [0.2, 0.25) is 0 Å². The molecule has 0 radical (unpaired) electrons. The van der Waals surface area contributed by atoms with E-state index in [1.165, 1.54) is 12.8 Å². The predicted octanol–water partition coefficient (Wildman–Crippen LogP) is 1.50. The van der Waals surface area contributed by atoms with Crippen molar-refractivity contribution in [3.63, 3.8) is 0 Å². The number of fused-ring (bicyclic) bond motifs is 1. The van der Waals surface area contributed by atoms with Crippen LogP contribution in [-0.4, -0.2) is 14.6 Å². The first-order valence-electron chi connectivity index (χ1n) is 4.87. The van der Waals surface area contributed by atoms with Crippen molar-refractivity contribution in [3.8, 4) is 0 Å². The van der Waals surface area contributed by atoms with Gasteiger partial charge in [-0.3, -0.25) is 0 Å². The number of hydrogen-bond donors (Lipinski definition) is 1. The molecule has 0 spiro atoms. The van der Waals surface area contributed by atoms with E-state index in [0.29, 0.717) is 5.92 Å². The van der Waals surface area contributed by atoms with E-state index in [1.807, 2.05) is 23.6 Å². The van der Waals surface area contributed by atoms with Crippen molar-refractivity contribution in [1.29, 1.82) is 0 Å². The van der Waals surface area contributed by atoms with Crippen LogP contribution in [0.15, 0.2) is 12.1 Å². The largest absolute Gasteiger partial charge is 0.397 e.